The Morgan fingerprint density at radius 1 is 1.27 bits per heavy atom. The molecule has 0 aliphatic rings. The number of anilines is 1. The first-order valence-corrected chi connectivity index (χ1v) is 8.29. The van der Waals surface area contributed by atoms with Gasteiger partial charge in [0, 0.05) is 23.0 Å². The minimum Gasteiger partial charge on any atom is -0.420 e. The van der Waals surface area contributed by atoms with Crippen LogP contribution in [0.2, 0.25) is 0 Å². The Balaban J connectivity index is 1.55. The number of benzene rings is 1. The fraction of sp³-hybridized carbons (Fsp3) is 0.133. The molecule has 0 saturated heterocycles. The molecule has 1 N–H and O–H groups in total. The number of amides is 1. The van der Waals surface area contributed by atoms with Gasteiger partial charge in [0.25, 0.3) is 5.89 Å². The van der Waals surface area contributed by atoms with E-state index in [0.29, 0.717) is 24.6 Å². The van der Waals surface area contributed by atoms with Gasteiger partial charge in [-0.1, -0.05) is 28.1 Å². The third-order valence-corrected chi connectivity index (χ3v) is 4.22. The number of halogens is 1. The van der Waals surface area contributed by atoms with Crippen LogP contribution in [0, 0.1) is 0 Å². The lowest BCUT2D eigenvalue weighted by Gasteiger charge is -2.04. The maximum Gasteiger partial charge on any atom is 0.257 e. The van der Waals surface area contributed by atoms with E-state index in [0.717, 1.165) is 15.0 Å². The molecule has 3 rings (SSSR count). The lowest BCUT2D eigenvalue weighted by Crippen LogP contribution is -2.12. The smallest absolute Gasteiger partial charge is 0.257 e. The SMILES string of the molecule is O=C(CCc1nnc(-c2cccs2)o1)Nc1cccc(Br)c1. The molecule has 0 spiro atoms. The number of hydrogen-bond donors (Lipinski definition) is 1. The molecule has 0 aliphatic carbocycles. The summed E-state index contributed by atoms with van der Waals surface area (Å²) in [7, 11) is 0. The van der Waals surface area contributed by atoms with Gasteiger partial charge in [0.15, 0.2) is 0 Å². The summed E-state index contributed by atoms with van der Waals surface area (Å²) >= 11 is 4.90. The monoisotopic (exact) mass is 377 g/mol. The van der Waals surface area contributed by atoms with Crippen LogP contribution in [0.25, 0.3) is 10.8 Å². The van der Waals surface area contributed by atoms with Crippen molar-refractivity contribution in [2.45, 2.75) is 12.8 Å². The van der Waals surface area contributed by atoms with Crippen molar-refractivity contribution in [2.75, 3.05) is 5.32 Å². The Morgan fingerprint density at radius 3 is 2.95 bits per heavy atom. The van der Waals surface area contributed by atoms with E-state index >= 15 is 0 Å². The molecular weight excluding hydrogens is 366 g/mol. The minimum atomic E-state index is -0.0889. The van der Waals surface area contributed by atoms with E-state index in [9.17, 15) is 4.79 Å². The summed E-state index contributed by atoms with van der Waals surface area (Å²) in [6.07, 6.45) is 0.705. The molecule has 0 atom stereocenters. The van der Waals surface area contributed by atoms with Crippen molar-refractivity contribution in [3.05, 3.63) is 52.1 Å². The summed E-state index contributed by atoms with van der Waals surface area (Å²) in [5.41, 5.74) is 0.754. The summed E-state index contributed by atoms with van der Waals surface area (Å²) in [4.78, 5) is 12.8. The van der Waals surface area contributed by atoms with Crippen molar-refractivity contribution in [2.24, 2.45) is 0 Å². The van der Waals surface area contributed by atoms with Gasteiger partial charge in [-0.05, 0) is 29.6 Å². The van der Waals surface area contributed by atoms with Crippen LogP contribution in [0.1, 0.15) is 12.3 Å². The molecule has 3 aromatic rings. The van der Waals surface area contributed by atoms with Crippen LogP contribution >= 0.6 is 27.3 Å². The van der Waals surface area contributed by atoms with Gasteiger partial charge in [-0.2, -0.15) is 0 Å². The quantitative estimate of drug-likeness (QED) is 0.725. The Hall–Kier alpha value is -1.99. The van der Waals surface area contributed by atoms with Crippen molar-refractivity contribution in [3.63, 3.8) is 0 Å². The molecule has 112 valence electrons. The second kappa shape index (κ2) is 6.85. The normalized spacial score (nSPS) is 10.6. The highest BCUT2D eigenvalue weighted by Gasteiger charge is 2.11. The van der Waals surface area contributed by atoms with Crippen LogP contribution in [0.5, 0.6) is 0 Å². The zero-order valence-corrected chi connectivity index (χ0v) is 13.9. The summed E-state index contributed by atoms with van der Waals surface area (Å²) in [6, 6.07) is 11.3. The number of thiophene rings is 1. The van der Waals surface area contributed by atoms with Gasteiger partial charge in [0.2, 0.25) is 11.8 Å². The van der Waals surface area contributed by atoms with Crippen molar-refractivity contribution >= 4 is 38.9 Å². The molecule has 0 saturated carbocycles. The number of carbonyl (C=O) groups is 1. The average molecular weight is 378 g/mol. The third kappa shape index (κ3) is 3.80. The molecular formula is C15H12BrN3O2S. The molecule has 0 unspecified atom stereocenters. The van der Waals surface area contributed by atoms with E-state index in [1.807, 2.05) is 41.8 Å². The van der Waals surface area contributed by atoms with Gasteiger partial charge in [-0.3, -0.25) is 4.79 Å². The lowest BCUT2D eigenvalue weighted by molar-refractivity contribution is -0.116. The molecule has 0 bridgehead atoms. The zero-order valence-electron chi connectivity index (χ0n) is 11.5. The molecule has 1 aromatic carbocycles. The van der Waals surface area contributed by atoms with Gasteiger partial charge in [0.1, 0.15) is 0 Å². The van der Waals surface area contributed by atoms with Crippen LogP contribution in [-0.2, 0) is 11.2 Å². The first-order chi connectivity index (χ1) is 10.7. The molecule has 0 radical (unpaired) electrons. The molecule has 0 fully saturated rings. The van der Waals surface area contributed by atoms with Gasteiger partial charge >= 0.3 is 0 Å². The first kappa shape index (κ1) is 14.9. The fourth-order valence-electron chi connectivity index (χ4n) is 1.86. The van der Waals surface area contributed by atoms with Gasteiger partial charge in [-0.25, -0.2) is 0 Å². The molecule has 2 heterocycles. The Kier molecular flexibility index (Phi) is 4.65. The summed E-state index contributed by atoms with van der Waals surface area (Å²) in [6.45, 7) is 0. The molecule has 5 nitrogen and oxygen atoms in total. The van der Waals surface area contributed by atoms with E-state index in [1.54, 1.807) is 0 Å². The second-order valence-corrected chi connectivity index (χ2v) is 6.40. The van der Waals surface area contributed by atoms with Crippen LogP contribution in [0.4, 0.5) is 5.69 Å². The number of carbonyl (C=O) groups excluding carboxylic acids is 1. The van der Waals surface area contributed by atoms with Crippen molar-refractivity contribution in [1.82, 2.24) is 10.2 Å². The van der Waals surface area contributed by atoms with E-state index in [4.69, 9.17) is 4.42 Å². The zero-order chi connectivity index (χ0) is 15.4. The predicted molar refractivity (Wildman–Crippen MR) is 88.7 cm³/mol. The predicted octanol–water partition coefficient (Wildman–Crippen LogP) is 4.13. The number of rotatable bonds is 5. The van der Waals surface area contributed by atoms with Crippen LogP contribution < -0.4 is 5.32 Å². The van der Waals surface area contributed by atoms with E-state index in [2.05, 4.69) is 31.4 Å². The fourth-order valence-corrected chi connectivity index (χ4v) is 2.91. The molecule has 2 aromatic heterocycles. The second-order valence-electron chi connectivity index (χ2n) is 4.54. The number of hydrogen-bond acceptors (Lipinski definition) is 5. The van der Waals surface area contributed by atoms with Gasteiger partial charge in [0.05, 0.1) is 4.88 Å². The number of aromatic nitrogens is 2. The number of aryl methyl sites for hydroxylation is 1. The lowest BCUT2D eigenvalue weighted by atomic mass is 10.2. The molecule has 0 aliphatic heterocycles. The highest BCUT2D eigenvalue weighted by atomic mass is 79.9. The van der Waals surface area contributed by atoms with E-state index in [1.165, 1.54) is 11.3 Å². The van der Waals surface area contributed by atoms with Crippen molar-refractivity contribution in [3.8, 4) is 10.8 Å². The topological polar surface area (TPSA) is 68.0 Å². The van der Waals surface area contributed by atoms with Crippen LogP contribution in [-0.4, -0.2) is 16.1 Å². The largest absolute Gasteiger partial charge is 0.420 e. The Labute approximate surface area is 139 Å². The van der Waals surface area contributed by atoms with E-state index in [-0.39, 0.29) is 5.91 Å². The van der Waals surface area contributed by atoms with Gasteiger partial charge < -0.3 is 9.73 Å². The van der Waals surface area contributed by atoms with Crippen molar-refractivity contribution < 1.29 is 9.21 Å². The van der Waals surface area contributed by atoms with Crippen molar-refractivity contribution in [1.29, 1.82) is 0 Å². The van der Waals surface area contributed by atoms with E-state index < -0.39 is 0 Å². The van der Waals surface area contributed by atoms with Gasteiger partial charge in [-0.15, -0.1) is 21.5 Å². The summed E-state index contributed by atoms with van der Waals surface area (Å²) < 4.78 is 6.47. The van der Waals surface area contributed by atoms with Crippen LogP contribution in [0.3, 0.4) is 0 Å². The Bertz CT molecular complexity index is 771. The highest BCUT2D eigenvalue weighted by Crippen LogP contribution is 2.23. The molecule has 1 amide bonds. The minimum absolute atomic E-state index is 0.0889. The first-order valence-electron chi connectivity index (χ1n) is 6.62. The standard InChI is InChI=1S/C15H12BrN3O2S/c16-10-3-1-4-11(9-10)17-13(20)6-7-14-18-19-15(21-14)12-5-2-8-22-12/h1-5,8-9H,6-7H2,(H,17,20). The third-order valence-electron chi connectivity index (χ3n) is 2.87. The molecule has 7 heteroatoms. The average Bonchev–Trinajstić information content (AvgIpc) is 3.16. The van der Waals surface area contributed by atoms with Crippen LogP contribution in [0.15, 0.2) is 50.7 Å². The summed E-state index contributed by atoms with van der Waals surface area (Å²) in [5, 5.41) is 12.7. The Morgan fingerprint density at radius 2 is 2.18 bits per heavy atom. The number of nitrogens with one attached hydrogen (secondary N) is 1. The maximum atomic E-state index is 11.9. The number of nitrogens with zero attached hydrogens (tertiary/aromatic N) is 2. The molecule has 22 heavy (non-hydrogen) atoms. The highest BCUT2D eigenvalue weighted by molar-refractivity contribution is 9.10. The maximum absolute atomic E-state index is 11.9. The summed E-state index contributed by atoms with van der Waals surface area (Å²) in [5.74, 6) is 0.874.